The van der Waals surface area contributed by atoms with Gasteiger partial charge in [0.15, 0.2) is 5.96 Å². The van der Waals surface area contributed by atoms with Gasteiger partial charge in [0.1, 0.15) is 6.04 Å². The van der Waals surface area contributed by atoms with Crippen LogP contribution in [0.1, 0.15) is 30.9 Å². The van der Waals surface area contributed by atoms with E-state index in [1.54, 1.807) is 19.1 Å². The molecule has 2 aromatic carbocycles. The summed E-state index contributed by atoms with van der Waals surface area (Å²) in [4.78, 5) is 54.5. The van der Waals surface area contributed by atoms with Crippen LogP contribution in [0, 0.1) is 0 Å². The van der Waals surface area contributed by atoms with Crippen LogP contribution in [0.2, 0.25) is 0 Å². The minimum absolute atomic E-state index is 0.0211. The smallest absolute Gasteiger partial charge is 0.267 e. The molecule has 0 aromatic heterocycles. The number of aliphatic imine (C=N–C) groups is 1. The topological polar surface area (TPSA) is 192 Å². The Morgan fingerprint density at radius 3 is 2.38 bits per heavy atom. The zero-order valence-corrected chi connectivity index (χ0v) is 23.9. The number of carbonyl (C=O) groups excluding carboxylic acids is 4. The van der Waals surface area contributed by atoms with Gasteiger partial charge in [0.25, 0.3) is 11.8 Å². The van der Waals surface area contributed by atoms with E-state index in [0.717, 1.165) is 22.3 Å². The third-order valence-electron chi connectivity index (χ3n) is 6.28. The van der Waals surface area contributed by atoms with Gasteiger partial charge in [-0.3, -0.25) is 24.4 Å². The highest BCUT2D eigenvalue weighted by atomic mass is 16.5. The van der Waals surface area contributed by atoms with Crippen LogP contribution in [-0.2, 0) is 32.1 Å². The van der Waals surface area contributed by atoms with Crippen LogP contribution in [0.25, 0.3) is 11.1 Å². The van der Waals surface area contributed by atoms with E-state index in [2.05, 4.69) is 22.2 Å². The summed E-state index contributed by atoms with van der Waals surface area (Å²) in [5.41, 5.74) is 16.6. The summed E-state index contributed by atoms with van der Waals surface area (Å²) in [5.74, 6) is -2.06. The van der Waals surface area contributed by atoms with Crippen LogP contribution in [0.3, 0.4) is 0 Å². The van der Waals surface area contributed by atoms with Gasteiger partial charge in [0.05, 0.1) is 6.54 Å². The Labute approximate surface area is 245 Å². The number of rotatable bonds is 15. The van der Waals surface area contributed by atoms with Gasteiger partial charge < -0.3 is 27.0 Å². The number of nitrogens with one attached hydrogen (secondary N) is 3. The molecule has 2 aromatic rings. The van der Waals surface area contributed by atoms with Gasteiger partial charge in [-0.1, -0.05) is 67.3 Å². The maximum Gasteiger partial charge on any atom is 0.267 e. The molecule has 42 heavy (non-hydrogen) atoms. The van der Waals surface area contributed by atoms with Crippen LogP contribution < -0.4 is 27.6 Å². The predicted octanol–water partition coefficient (Wildman–Crippen LogP) is 1.15. The molecular formula is C30H39N7O5. The van der Waals surface area contributed by atoms with Crippen molar-refractivity contribution in [1.82, 2.24) is 21.0 Å². The van der Waals surface area contributed by atoms with Crippen molar-refractivity contribution in [2.75, 3.05) is 20.1 Å². The second-order valence-corrected chi connectivity index (χ2v) is 9.50. The first-order valence-electron chi connectivity index (χ1n) is 13.3. The van der Waals surface area contributed by atoms with E-state index in [1.807, 2.05) is 48.5 Å². The monoisotopic (exact) mass is 577 g/mol. The number of hydroxylamine groups is 1. The van der Waals surface area contributed by atoms with Crippen molar-refractivity contribution < 1.29 is 24.4 Å². The first-order valence-corrected chi connectivity index (χ1v) is 13.3. The third-order valence-corrected chi connectivity index (χ3v) is 6.28. The Balaban J connectivity index is 1.87. The summed E-state index contributed by atoms with van der Waals surface area (Å²) in [6.45, 7) is 5.65. The number of nitrogens with two attached hydrogens (primary N) is 2. The standard InChI is InChI=1S/C30H39N7O5/c1-4-7-20(2)29(41)37(3)17-16-27(39)35-25(28(40)36-42)19-33-26(38)15-12-21-10-13-22(14-11-21)24-9-6-5-8-23(24)18-34-30(31)32/h4-11,13-14,25,42H,2,12,15-19H2,1,3H3,(H,33,38)(H,35,39)(H,36,40)(H4,31,32,34)/b7-4-/t25-/m0/s1. The van der Waals surface area contributed by atoms with Crippen molar-refractivity contribution in [1.29, 1.82) is 0 Å². The predicted molar refractivity (Wildman–Crippen MR) is 161 cm³/mol. The average Bonchev–Trinajstić information content (AvgIpc) is 2.99. The molecular weight excluding hydrogens is 538 g/mol. The van der Waals surface area contributed by atoms with Crippen molar-refractivity contribution in [3.8, 4) is 11.1 Å². The molecule has 0 aliphatic heterocycles. The number of aryl methyl sites for hydroxylation is 1. The van der Waals surface area contributed by atoms with Crippen molar-refractivity contribution >= 4 is 29.6 Å². The Kier molecular flexibility index (Phi) is 13.4. The molecule has 224 valence electrons. The fraction of sp³-hybridized carbons (Fsp3) is 0.300. The van der Waals surface area contributed by atoms with Crippen LogP contribution in [0.5, 0.6) is 0 Å². The largest absolute Gasteiger partial charge is 0.370 e. The number of guanidine groups is 1. The van der Waals surface area contributed by atoms with Crippen LogP contribution in [0.15, 0.2) is 77.8 Å². The number of carbonyl (C=O) groups is 4. The molecule has 12 heteroatoms. The molecule has 12 nitrogen and oxygen atoms in total. The second-order valence-electron chi connectivity index (χ2n) is 9.50. The van der Waals surface area contributed by atoms with E-state index < -0.39 is 17.9 Å². The van der Waals surface area contributed by atoms with Gasteiger partial charge in [0, 0.05) is 38.6 Å². The highest BCUT2D eigenvalue weighted by Gasteiger charge is 2.22. The quantitative estimate of drug-likeness (QED) is 0.0456. The summed E-state index contributed by atoms with van der Waals surface area (Å²) in [6, 6.07) is 14.4. The molecule has 0 aliphatic rings. The van der Waals surface area contributed by atoms with E-state index in [4.69, 9.17) is 16.7 Å². The summed E-state index contributed by atoms with van der Waals surface area (Å²) < 4.78 is 0. The SMILES string of the molecule is C=C(/C=C\C)C(=O)N(C)CCC(=O)N[C@@H](CNC(=O)CCc1ccc(-c2ccccc2CN=C(N)N)cc1)C(=O)NO. The number of allylic oxidation sites excluding steroid dienone is 1. The maximum absolute atomic E-state index is 12.5. The lowest BCUT2D eigenvalue weighted by Gasteiger charge is -2.20. The minimum atomic E-state index is -1.20. The fourth-order valence-corrected chi connectivity index (χ4v) is 3.97. The van der Waals surface area contributed by atoms with Gasteiger partial charge in [-0.25, -0.2) is 10.5 Å². The van der Waals surface area contributed by atoms with Gasteiger partial charge in [0.2, 0.25) is 11.8 Å². The molecule has 0 fully saturated rings. The molecule has 1 atom stereocenters. The first-order chi connectivity index (χ1) is 20.0. The molecule has 0 spiro atoms. The number of nitrogens with zero attached hydrogens (tertiary/aromatic N) is 2. The molecule has 0 saturated heterocycles. The molecule has 0 aliphatic carbocycles. The third kappa shape index (κ3) is 10.9. The number of amides is 4. The normalized spacial score (nSPS) is 11.3. The Morgan fingerprint density at radius 2 is 1.74 bits per heavy atom. The number of likely N-dealkylation sites (N-methyl/N-ethyl adjacent to an activating group) is 1. The summed E-state index contributed by atoms with van der Waals surface area (Å²) in [7, 11) is 1.53. The molecule has 4 amide bonds. The zero-order valence-electron chi connectivity index (χ0n) is 23.9. The first kappa shape index (κ1) is 33.2. The maximum atomic E-state index is 12.5. The van der Waals surface area contributed by atoms with Crippen molar-refractivity contribution in [3.63, 3.8) is 0 Å². The summed E-state index contributed by atoms with van der Waals surface area (Å²) in [6.07, 6.45) is 3.75. The van der Waals surface area contributed by atoms with Gasteiger partial charge >= 0.3 is 0 Å². The van der Waals surface area contributed by atoms with Crippen LogP contribution >= 0.6 is 0 Å². The van der Waals surface area contributed by atoms with Gasteiger partial charge in [-0.2, -0.15) is 0 Å². The molecule has 0 heterocycles. The lowest BCUT2D eigenvalue weighted by molar-refractivity contribution is -0.135. The second kappa shape index (κ2) is 17.0. The highest BCUT2D eigenvalue weighted by molar-refractivity contribution is 5.95. The number of benzene rings is 2. The molecule has 2 rings (SSSR count). The lowest BCUT2D eigenvalue weighted by atomic mass is 9.98. The molecule has 8 N–H and O–H groups in total. The lowest BCUT2D eigenvalue weighted by Crippen LogP contribution is -2.52. The van der Waals surface area contributed by atoms with Crippen molar-refractivity contribution in [2.45, 2.75) is 38.8 Å². The average molecular weight is 578 g/mol. The Hall–Kier alpha value is -4.97. The van der Waals surface area contributed by atoms with Gasteiger partial charge in [-0.15, -0.1) is 0 Å². The molecule has 0 saturated carbocycles. The van der Waals surface area contributed by atoms with E-state index in [9.17, 15) is 19.2 Å². The summed E-state index contributed by atoms with van der Waals surface area (Å²) in [5, 5.41) is 14.1. The van der Waals surface area contributed by atoms with E-state index in [0.29, 0.717) is 13.0 Å². The number of hydrogen-bond acceptors (Lipinski definition) is 6. The zero-order chi connectivity index (χ0) is 31.1. The fourth-order valence-electron chi connectivity index (χ4n) is 3.97. The van der Waals surface area contributed by atoms with Crippen molar-refractivity contribution in [2.24, 2.45) is 16.5 Å². The number of hydrogen-bond donors (Lipinski definition) is 6. The minimum Gasteiger partial charge on any atom is -0.370 e. The summed E-state index contributed by atoms with van der Waals surface area (Å²) >= 11 is 0. The van der Waals surface area contributed by atoms with E-state index >= 15 is 0 Å². The highest BCUT2D eigenvalue weighted by Crippen LogP contribution is 2.25. The van der Waals surface area contributed by atoms with Gasteiger partial charge in [-0.05, 0) is 35.6 Å². The Morgan fingerprint density at radius 1 is 1.05 bits per heavy atom. The van der Waals surface area contributed by atoms with E-state index in [-0.39, 0.29) is 49.3 Å². The Bertz CT molecular complexity index is 1320. The van der Waals surface area contributed by atoms with E-state index in [1.165, 1.54) is 17.4 Å². The van der Waals surface area contributed by atoms with Crippen LogP contribution in [0.4, 0.5) is 0 Å². The molecule has 0 unspecified atom stereocenters. The molecule has 0 radical (unpaired) electrons. The van der Waals surface area contributed by atoms with Crippen molar-refractivity contribution in [3.05, 3.63) is 84.0 Å². The van der Waals surface area contributed by atoms with Crippen LogP contribution in [-0.4, -0.2) is 65.9 Å². The molecule has 0 bridgehead atoms.